The van der Waals surface area contributed by atoms with Crippen molar-refractivity contribution < 1.29 is 9.53 Å². The van der Waals surface area contributed by atoms with Crippen molar-refractivity contribution in [1.82, 2.24) is 10.5 Å². The number of rotatable bonds is 1. The SMILES string of the molecule is COC(=O)/C(C#N)=C1\N=NNN1C. The second-order valence-electron chi connectivity index (χ2n) is 2.16. The first-order valence-electron chi connectivity index (χ1n) is 3.33. The predicted molar refractivity (Wildman–Crippen MR) is 40.4 cm³/mol. The Hall–Kier alpha value is -2.10. The van der Waals surface area contributed by atoms with Crippen molar-refractivity contribution in [1.29, 1.82) is 5.26 Å². The molecule has 7 nitrogen and oxygen atoms in total. The number of carbonyl (C=O) groups is 1. The molecular weight excluding hydrogens is 174 g/mol. The van der Waals surface area contributed by atoms with E-state index < -0.39 is 5.97 Å². The highest BCUT2D eigenvalue weighted by molar-refractivity contribution is 5.93. The number of carbonyl (C=O) groups excluding carboxylic acids is 1. The summed E-state index contributed by atoms with van der Waals surface area (Å²) in [7, 11) is 2.77. The summed E-state index contributed by atoms with van der Waals surface area (Å²) in [5, 5.41) is 17.0. The average molecular weight is 181 g/mol. The first-order valence-corrected chi connectivity index (χ1v) is 3.33. The van der Waals surface area contributed by atoms with Gasteiger partial charge in [0.2, 0.25) is 0 Å². The summed E-state index contributed by atoms with van der Waals surface area (Å²) in [6, 6.07) is 1.69. The fourth-order valence-electron chi connectivity index (χ4n) is 0.758. The fraction of sp³-hybridized carbons (Fsp3) is 0.333. The lowest BCUT2D eigenvalue weighted by Gasteiger charge is -2.09. The maximum absolute atomic E-state index is 11.0. The number of hydrazine groups is 1. The van der Waals surface area contributed by atoms with Gasteiger partial charge in [0.15, 0.2) is 11.4 Å². The Bertz CT molecular complexity index is 326. The van der Waals surface area contributed by atoms with Crippen LogP contribution in [0.2, 0.25) is 0 Å². The number of esters is 1. The zero-order valence-corrected chi connectivity index (χ0v) is 7.11. The average Bonchev–Trinajstić information content (AvgIpc) is 2.53. The molecule has 0 bridgehead atoms. The molecule has 0 aliphatic carbocycles. The van der Waals surface area contributed by atoms with E-state index in [1.807, 2.05) is 0 Å². The molecule has 0 aromatic carbocycles. The van der Waals surface area contributed by atoms with Crippen molar-refractivity contribution in [3.05, 3.63) is 11.4 Å². The highest BCUT2D eigenvalue weighted by atomic mass is 16.5. The van der Waals surface area contributed by atoms with Crippen LogP contribution in [0.15, 0.2) is 21.7 Å². The minimum atomic E-state index is -0.730. The Labute approximate surface area is 74.2 Å². The number of hydrogen-bond acceptors (Lipinski definition) is 7. The number of nitrogens with one attached hydrogen (secondary N) is 1. The summed E-state index contributed by atoms with van der Waals surface area (Å²) in [6.45, 7) is 0. The number of methoxy groups -OCH3 is 1. The Kier molecular flexibility index (Phi) is 2.44. The van der Waals surface area contributed by atoms with E-state index in [-0.39, 0.29) is 11.4 Å². The van der Waals surface area contributed by atoms with Crippen LogP contribution < -0.4 is 5.53 Å². The van der Waals surface area contributed by atoms with Crippen LogP contribution in [-0.2, 0) is 9.53 Å². The van der Waals surface area contributed by atoms with E-state index >= 15 is 0 Å². The van der Waals surface area contributed by atoms with E-state index in [1.54, 1.807) is 13.1 Å². The molecule has 0 radical (unpaired) electrons. The van der Waals surface area contributed by atoms with Crippen molar-refractivity contribution in [3.63, 3.8) is 0 Å². The standard InChI is InChI=1S/C6H7N5O2/c1-11-5(8-9-10-11)4(3-7)6(12)13-2/h1-2H3,(H,8,10)/b5-4+. The maximum Gasteiger partial charge on any atom is 0.352 e. The highest BCUT2D eigenvalue weighted by Crippen LogP contribution is 2.13. The fourth-order valence-corrected chi connectivity index (χ4v) is 0.758. The lowest BCUT2D eigenvalue weighted by Crippen LogP contribution is -2.25. The van der Waals surface area contributed by atoms with Crippen LogP contribution in [-0.4, -0.2) is 25.1 Å². The van der Waals surface area contributed by atoms with Crippen LogP contribution in [0.4, 0.5) is 0 Å². The summed E-state index contributed by atoms with van der Waals surface area (Å²) in [5.41, 5.74) is 2.26. The van der Waals surface area contributed by atoms with Crippen LogP contribution in [0, 0.1) is 11.3 Å². The van der Waals surface area contributed by atoms with Crippen molar-refractivity contribution in [3.8, 4) is 6.07 Å². The van der Waals surface area contributed by atoms with Crippen molar-refractivity contribution in [2.45, 2.75) is 0 Å². The molecule has 0 spiro atoms. The monoisotopic (exact) mass is 181 g/mol. The van der Waals surface area contributed by atoms with Gasteiger partial charge in [-0.25, -0.2) is 4.79 Å². The van der Waals surface area contributed by atoms with Crippen molar-refractivity contribution in [2.24, 2.45) is 10.3 Å². The van der Waals surface area contributed by atoms with E-state index in [4.69, 9.17) is 5.26 Å². The zero-order valence-electron chi connectivity index (χ0n) is 7.11. The first kappa shape index (κ1) is 8.99. The lowest BCUT2D eigenvalue weighted by molar-refractivity contribution is -0.135. The molecule has 0 saturated carbocycles. The van der Waals surface area contributed by atoms with Crippen LogP contribution in [0.3, 0.4) is 0 Å². The van der Waals surface area contributed by atoms with E-state index in [9.17, 15) is 4.79 Å². The highest BCUT2D eigenvalue weighted by Gasteiger charge is 2.21. The second-order valence-corrected chi connectivity index (χ2v) is 2.16. The molecule has 13 heavy (non-hydrogen) atoms. The summed E-state index contributed by atoms with van der Waals surface area (Å²) in [6.07, 6.45) is 0. The van der Waals surface area contributed by atoms with Gasteiger partial charge < -0.3 is 4.74 Å². The summed E-state index contributed by atoms with van der Waals surface area (Å²) < 4.78 is 4.39. The molecule has 1 heterocycles. The van der Waals surface area contributed by atoms with E-state index in [0.29, 0.717) is 0 Å². The molecule has 1 aliphatic heterocycles. The molecule has 0 atom stereocenters. The van der Waals surface area contributed by atoms with E-state index in [2.05, 4.69) is 20.6 Å². The molecule has 1 N–H and O–H groups in total. The van der Waals surface area contributed by atoms with E-state index in [0.717, 1.165) is 0 Å². The Morgan fingerprint density at radius 2 is 2.46 bits per heavy atom. The molecule has 0 unspecified atom stereocenters. The molecule has 0 amide bonds. The molecule has 7 heteroatoms. The minimum absolute atomic E-state index is 0.148. The first-order chi connectivity index (χ1) is 6.20. The Morgan fingerprint density at radius 3 is 2.85 bits per heavy atom. The van der Waals surface area contributed by atoms with Gasteiger partial charge in [-0.1, -0.05) is 5.22 Å². The third kappa shape index (κ3) is 1.56. The smallest absolute Gasteiger partial charge is 0.352 e. The van der Waals surface area contributed by atoms with E-state index in [1.165, 1.54) is 12.1 Å². The van der Waals surface area contributed by atoms with Gasteiger partial charge in [-0.2, -0.15) is 10.8 Å². The van der Waals surface area contributed by atoms with Gasteiger partial charge in [-0.15, -0.1) is 5.11 Å². The molecule has 0 fully saturated rings. The summed E-state index contributed by atoms with van der Waals surface area (Å²) in [4.78, 5) is 11.0. The van der Waals surface area contributed by atoms with Gasteiger partial charge in [0.1, 0.15) is 6.07 Å². The van der Waals surface area contributed by atoms with Crippen LogP contribution in [0.25, 0.3) is 0 Å². The van der Waals surface area contributed by atoms with Crippen LogP contribution in [0.1, 0.15) is 0 Å². The zero-order chi connectivity index (χ0) is 9.84. The molecule has 1 rings (SSSR count). The van der Waals surface area contributed by atoms with Crippen LogP contribution in [0.5, 0.6) is 0 Å². The number of nitrogens with zero attached hydrogens (tertiary/aromatic N) is 4. The quantitative estimate of drug-likeness (QED) is 0.341. The lowest BCUT2D eigenvalue weighted by atomic mass is 10.3. The van der Waals surface area contributed by atoms with Gasteiger partial charge in [0.05, 0.1) is 7.11 Å². The van der Waals surface area contributed by atoms with Gasteiger partial charge in [0, 0.05) is 7.05 Å². The third-order valence-electron chi connectivity index (χ3n) is 1.38. The number of ether oxygens (including phenoxy) is 1. The molecule has 68 valence electrons. The second kappa shape index (κ2) is 3.53. The predicted octanol–water partition coefficient (Wildman–Crippen LogP) is -0.288. The van der Waals surface area contributed by atoms with Crippen LogP contribution >= 0.6 is 0 Å². The molecule has 1 aliphatic rings. The third-order valence-corrected chi connectivity index (χ3v) is 1.38. The number of nitriles is 1. The van der Waals surface area contributed by atoms with Gasteiger partial charge >= 0.3 is 5.97 Å². The largest absolute Gasteiger partial charge is 0.465 e. The molecule has 0 aromatic heterocycles. The van der Waals surface area contributed by atoms with Crippen molar-refractivity contribution >= 4 is 5.97 Å². The van der Waals surface area contributed by atoms with Gasteiger partial charge in [-0.05, 0) is 0 Å². The Balaban J connectivity index is 3.06. The minimum Gasteiger partial charge on any atom is -0.465 e. The number of hydrogen-bond donors (Lipinski definition) is 1. The normalized spacial score (nSPS) is 17.8. The summed E-state index contributed by atoms with van der Waals surface area (Å²) in [5.74, 6) is -0.582. The van der Waals surface area contributed by atoms with Gasteiger partial charge in [0.25, 0.3) is 0 Å². The molecular formula is C6H7N5O2. The summed E-state index contributed by atoms with van der Waals surface area (Å²) >= 11 is 0. The van der Waals surface area contributed by atoms with Crippen molar-refractivity contribution in [2.75, 3.05) is 14.2 Å². The van der Waals surface area contributed by atoms with Gasteiger partial charge in [-0.3, -0.25) is 5.01 Å². The topological polar surface area (TPSA) is 90.1 Å². The maximum atomic E-state index is 11.0. The molecule has 0 aromatic rings. The molecule has 0 saturated heterocycles. The Morgan fingerprint density at radius 1 is 1.77 bits per heavy atom.